The highest BCUT2D eigenvalue weighted by molar-refractivity contribution is 5.99. The van der Waals surface area contributed by atoms with Gasteiger partial charge in [-0.25, -0.2) is 4.79 Å². The Bertz CT molecular complexity index is 577. The van der Waals surface area contributed by atoms with Crippen molar-refractivity contribution in [3.05, 3.63) is 47.7 Å². The highest BCUT2D eigenvalue weighted by Crippen LogP contribution is 2.30. The lowest BCUT2D eigenvalue weighted by atomic mass is 9.78. The number of hydrogen-bond donors (Lipinski definition) is 1. The Morgan fingerprint density at radius 3 is 2.55 bits per heavy atom. The molecule has 1 aliphatic heterocycles. The van der Waals surface area contributed by atoms with Gasteiger partial charge in [-0.05, 0) is 24.5 Å². The number of nitrogens with zero attached hydrogens (tertiary/aromatic N) is 1. The molecule has 0 saturated heterocycles. The van der Waals surface area contributed by atoms with E-state index in [0.717, 1.165) is 5.56 Å². The van der Waals surface area contributed by atoms with Gasteiger partial charge in [-0.1, -0.05) is 30.3 Å². The Morgan fingerprint density at radius 2 is 2.05 bits per heavy atom. The SMILES string of the molecule is COC(=O)C1=CCC(Cc2ccccc2)(C(=O)O)C=N1. The van der Waals surface area contributed by atoms with Crippen LogP contribution in [-0.4, -0.2) is 30.4 Å². The van der Waals surface area contributed by atoms with E-state index in [1.54, 1.807) is 0 Å². The lowest BCUT2D eigenvalue weighted by Crippen LogP contribution is -2.36. The summed E-state index contributed by atoms with van der Waals surface area (Å²) in [6.07, 6.45) is 3.40. The standard InChI is InChI=1S/C15H15NO4/c1-20-13(17)12-7-8-15(10-16-12,14(18)19)9-11-5-3-2-4-6-11/h2-7,10H,8-9H2,1H3,(H,18,19). The second-order valence-corrected chi connectivity index (χ2v) is 4.67. The summed E-state index contributed by atoms with van der Waals surface area (Å²) in [6.45, 7) is 0. The van der Waals surface area contributed by atoms with Crippen molar-refractivity contribution in [1.29, 1.82) is 0 Å². The minimum absolute atomic E-state index is 0.150. The van der Waals surface area contributed by atoms with Crippen molar-refractivity contribution in [2.24, 2.45) is 10.4 Å². The molecule has 20 heavy (non-hydrogen) atoms. The van der Waals surface area contributed by atoms with Crippen LogP contribution < -0.4 is 0 Å². The summed E-state index contributed by atoms with van der Waals surface area (Å²) in [4.78, 5) is 26.9. The van der Waals surface area contributed by atoms with Crippen molar-refractivity contribution in [3.63, 3.8) is 0 Å². The van der Waals surface area contributed by atoms with Gasteiger partial charge < -0.3 is 9.84 Å². The van der Waals surface area contributed by atoms with Gasteiger partial charge in [0, 0.05) is 6.21 Å². The molecule has 0 amide bonds. The van der Waals surface area contributed by atoms with Crippen molar-refractivity contribution >= 4 is 18.2 Å². The molecule has 0 aliphatic carbocycles. The highest BCUT2D eigenvalue weighted by Gasteiger charge is 2.38. The average molecular weight is 273 g/mol. The molecule has 0 spiro atoms. The van der Waals surface area contributed by atoms with Gasteiger partial charge in [-0.3, -0.25) is 9.79 Å². The molecule has 0 aromatic heterocycles. The normalized spacial score (nSPS) is 21.1. The number of aliphatic carboxylic acids is 1. The summed E-state index contributed by atoms with van der Waals surface area (Å²) in [6, 6.07) is 9.35. The summed E-state index contributed by atoms with van der Waals surface area (Å²) in [5.74, 6) is -1.51. The first-order chi connectivity index (χ1) is 9.57. The minimum Gasteiger partial charge on any atom is -0.481 e. The van der Waals surface area contributed by atoms with E-state index in [-0.39, 0.29) is 12.1 Å². The monoisotopic (exact) mass is 273 g/mol. The number of carbonyl (C=O) groups is 2. The molecule has 5 heteroatoms. The Labute approximate surface area is 116 Å². The molecule has 0 radical (unpaired) electrons. The fourth-order valence-electron chi connectivity index (χ4n) is 2.11. The zero-order chi connectivity index (χ0) is 14.6. The van der Waals surface area contributed by atoms with Gasteiger partial charge in [0.25, 0.3) is 0 Å². The number of esters is 1. The average Bonchev–Trinajstić information content (AvgIpc) is 2.48. The molecule has 1 heterocycles. The van der Waals surface area contributed by atoms with Crippen LogP contribution in [-0.2, 0) is 20.7 Å². The molecule has 0 saturated carbocycles. The summed E-state index contributed by atoms with van der Waals surface area (Å²) < 4.78 is 4.57. The van der Waals surface area contributed by atoms with E-state index < -0.39 is 17.4 Å². The summed E-state index contributed by atoms with van der Waals surface area (Å²) in [5.41, 5.74) is -0.0486. The quantitative estimate of drug-likeness (QED) is 0.849. The maximum absolute atomic E-state index is 11.6. The zero-order valence-electron chi connectivity index (χ0n) is 11.1. The number of rotatable bonds is 4. The van der Waals surface area contributed by atoms with Crippen molar-refractivity contribution in [2.45, 2.75) is 12.8 Å². The van der Waals surface area contributed by atoms with E-state index in [4.69, 9.17) is 0 Å². The molecular weight excluding hydrogens is 258 g/mol. The minimum atomic E-state index is -1.11. The van der Waals surface area contributed by atoms with Gasteiger partial charge in [0.1, 0.15) is 11.1 Å². The number of carbonyl (C=O) groups excluding carboxylic acids is 1. The molecule has 104 valence electrons. The summed E-state index contributed by atoms with van der Waals surface area (Å²) in [5, 5.41) is 9.50. The molecule has 0 fully saturated rings. The van der Waals surface area contributed by atoms with Crippen LogP contribution >= 0.6 is 0 Å². The molecule has 1 N–H and O–H groups in total. The maximum Gasteiger partial charge on any atom is 0.356 e. The number of carboxylic acid groups (broad SMARTS) is 1. The predicted octanol–water partition coefficient (Wildman–Crippen LogP) is 1.83. The molecule has 1 atom stereocenters. The third-order valence-electron chi connectivity index (χ3n) is 3.29. The Morgan fingerprint density at radius 1 is 1.35 bits per heavy atom. The van der Waals surface area contributed by atoms with E-state index >= 15 is 0 Å². The molecule has 1 aromatic rings. The number of carboxylic acids is 1. The highest BCUT2D eigenvalue weighted by atomic mass is 16.5. The van der Waals surface area contributed by atoms with Crippen LogP contribution in [0.15, 0.2) is 47.1 Å². The molecular formula is C15H15NO4. The largest absolute Gasteiger partial charge is 0.481 e. The van der Waals surface area contributed by atoms with Crippen LogP contribution in [0.4, 0.5) is 0 Å². The first-order valence-electron chi connectivity index (χ1n) is 6.18. The molecule has 5 nitrogen and oxygen atoms in total. The lowest BCUT2D eigenvalue weighted by Gasteiger charge is -2.26. The van der Waals surface area contributed by atoms with Crippen molar-refractivity contribution < 1.29 is 19.4 Å². The molecule has 1 aromatic carbocycles. The fourth-order valence-corrected chi connectivity index (χ4v) is 2.11. The number of ether oxygens (including phenoxy) is 1. The van der Waals surface area contributed by atoms with Crippen molar-refractivity contribution in [1.82, 2.24) is 0 Å². The van der Waals surface area contributed by atoms with E-state index in [1.165, 1.54) is 19.4 Å². The van der Waals surface area contributed by atoms with Crippen LogP contribution in [0.25, 0.3) is 0 Å². The van der Waals surface area contributed by atoms with Gasteiger partial charge in [-0.15, -0.1) is 0 Å². The van der Waals surface area contributed by atoms with Crippen LogP contribution in [0.1, 0.15) is 12.0 Å². The van der Waals surface area contributed by atoms with Crippen molar-refractivity contribution in [2.75, 3.05) is 7.11 Å². The van der Waals surface area contributed by atoms with Gasteiger partial charge >= 0.3 is 11.9 Å². The maximum atomic E-state index is 11.6. The topological polar surface area (TPSA) is 76.0 Å². The van der Waals surface area contributed by atoms with Crippen LogP contribution in [0, 0.1) is 5.41 Å². The van der Waals surface area contributed by atoms with Gasteiger partial charge in [0.2, 0.25) is 0 Å². The van der Waals surface area contributed by atoms with Gasteiger partial charge in [0.05, 0.1) is 7.11 Å². The third kappa shape index (κ3) is 2.77. The van der Waals surface area contributed by atoms with Crippen molar-refractivity contribution in [3.8, 4) is 0 Å². The molecule has 2 rings (SSSR count). The Kier molecular flexibility index (Phi) is 3.98. The summed E-state index contributed by atoms with van der Waals surface area (Å²) >= 11 is 0. The first-order valence-corrected chi connectivity index (χ1v) is 6.18. The van der Waals surface area contributed by atoms with Gasteiger partial charge in [0.15, 0.2) is 0 Å². The van der Waals surface area contributed by atoms with E-state index in [1.807, 2.05) is 30.3 Å². The van der Waals surface area contributed by atoms with Crippen LogP contribution in [0.3, 0.4) is 0 Å². The smallest absolute Gasteiger partial charge is 0.356 e. The molecule has 0 bridgehead atoms. The zero-order valence-corrected chi connectivity index (χ0v) is 11.1. The van der Waals surface area contributed by atoms with E-state index in [2.05, 4.69) is 9.73 Å². The molecule has 1 aliphatic rings. The van der Waals surface area contributed by atoms with Gasteiger partial charge in [-0.2, -0.15) is 0 Å². The first kappa shape index (κ1) is 14.0. The molecule has 1 unspecified atom stereocenters. The Balaban J connectivity index is 2.23. The number of hydrogen-bond acceptors (Lipinski definition) is 4. The number of aliphatic imine (C=N–C) groups is 1. The summed E-state index contributed by atoms with van der Waals surface area (Å²) in [7, 11) is 1.27. The lowest BCUT2D eigenvalue weighted by molar-refractivity contribution is -0.144. The van der Waals surface area contributed by atoms with Crippen LogP contribution in [0.2, 0.25) is 0 Å². The number of benzene rings is 1. The number of methoxy groups -OCH3 is 1. The van der Waals surface area contributed by atoms with E-state index in [0.29, 0.717) is 6.42 Å². The Hall–Kier alpha value is -2.43. The van der Waals surface area contributed by atoms with E-state index in [9.17, 15) is 14.7 Å². The predicted molar refractivity (Wildman–Crippen MR) is 73.4 cm³/mol. The number of allylic oxidation sites excluding steroid dienone is 1. The second kappa shape index (κ2) is 5.69. The second-order valence-electron chi connectivity index (χ2n) is 4.67. The third-order valence-corrected chi connectivity index (χ3v) is 3.29. The van der Waals surface area contributed by atoms with Crippen LogP contribution in [0.5, 0.6) is 0 Å². The fraction of sp³-hybridized carbons (Fsp3) is 0.267.